The van der Waals surface area contributed by atoms with Crippen LogP contribution in [-0.2, 0) is 6.54 Å². The molecule has 70 valence electrons. The first kappa shape index (κ1) is 9.93. The molecule has 0 aliphatic rings. The summed E-state index contributed by atoms with van der Waals surface area (Å²) in [6, 6.07) is 8.11. The summed E-state index contributed by atoms with van der Waals surface area (Å²) >= 11 is 0. The fraction of sp³-hybridized carbons (Fsp3) is 0.200. The summed E-state index contributed by atoms with van der Waals surface area (Å²) < 4.78 is 2.19. The number of aromatic nitrogens is 1. The van der Waals surface area contributed by atoms with Crippen LogP contribution in [0.5, 0.6) is 0 Å². The lowest BCUT2D eigenvalue weighted by atomic mass is 10.2. The van der Waals surface area contributed by atoms with Crippen LogP contribution in [0.1, 0.15) is 6.92 Å². The second-order valence-electron chi connectivity index (χ2n) is 2.92. The normalized spacial score (nSPS) is 9.92. The number of fused-ring (bicyclic) bond motifs is 1. The van der Waals surface area contributed by atoms with Gasteiger partial charge in [-0.05, 0) is 30.5 Å². The molecule has 0 atom stereocenters. The molecule has 0 aliphatic heterocycles. The van der Waals surface area contributed by atoms with E-state index in [-0.39, 0.29) is 12.4 Å². The Labute approximate surface area is 83.8 Å². The van der Waals surface area contributed by atoms with Crippen LogP contribution in [0.15, 0.2) is 30.5 Å². The maximum absolute atomic E-state index is 5.69. The van der Waals surface area contributed by atoms with Gasteiger partial charge in [0.1, 0.15) is 0 Å². The number of hydrogen-bond acceptors (Lipinski definition) is 1. The topological polar surface area (TPSA) is 30.9 Å². The smallest absolute Gasteiger partial charge is 0.0500 e. The molecule has 3 heteroatoms. The number of nitrogen functional groups attached to an aromatic ring is 1. The largest absolute Gasteiger partial charge is 0.399 e. The number of halogens is 1. The molecule has 0 aliphatic carbocycles. The van der Waals surface area contributed by atoms with E-state index in [1.807, 2.05) is 12.1 Å². The van der Waals surface area contributed by atoms with Crippen molar-refractivity contribution in [3.05, 3.63) is 30.5 Å². The molecular weight excluding hydrogens is 184 g/mol. The van der Waals surface area contributed by atoms with E-state index in [9.17, 15) is 0 Å². The maximum atomic E-state index is 5.69. The van der Waals surface area contributed by atoms with Crippen LogP contribution < -0.4 is 5.73 Å². The third-order valence-corrected chi connectivity index (χ3v) is 2.14. The molecule has 1 aromatic carbocycles. The second kappa shape index (κ2) is 3.71. The Bertz CT molecular complexity index is 406. The lowest BCUT2D eigenvalue weighted by Crippen LogP contribution is -1.91. The first-order chi connectivity index (χ1) is 5.81. The van der Waals surface area contributed by atoms with Crippen LogP contribution in [-0.4, -0.2) is 4.57 Å². The van der Waals surface area contributed by atoms with Crippen LogP contribution in [0.3, 0.4) is 0 Å². The van der Waals surface area contributed by atoms with E-state index >= 15 is 0 Å². The van der Waals surface area contributed by atoms with Gasteiger partial charge < -0.3 is 10.3 Å². The minimum Gasteiger partial charge on any atom is -0.399 e. The van der Waals surface area contributed by atoms with Crippen molar-refractivity contribution >= 4 is 29.0 Å². The van der Waals surface area contributed by atoms with Gasteiger partial charge in [0, 0.05) is 18.4 Å². The molecule has 0 unspecified atom stereocenters. The maximum Gasteiger partial charge on any atom is 0.0500 e. The zero-order chi connectivity index (χ0) is 8.55. The lowest BCUT2D eigenvalue weighted by molar-refractivity contribution is 0.798. The molecule has 2 nitrogen and oxygen atoms in total. The molecule has 0 saturated carbocycles. The summed E-state index contributed by atoms with van der Waals surface area (Å²) in [6.45, 7) is 3.12. The van der Waals surface area contributed by atoms with Gasteiger partial charge in [-0.3, -0.25) is 0 Å². The standard InChI is InChI=1S/C10H12N2.ClH/c1-2-12-6-5-8-3-4-9(11)7-10(8)12;/h3-7H,2,11H2,1H3;1H. The van der Waals surface area contributed by atoms with Crippen LogP contribution in [0, 0.1) is 0 Å². The van der Waals surface area contributed by atoms with Gasteiger partial charge in [0.15, 0.2) is 0 Å². The SMILES string of the molecule is CCn1ccc2ccc(N)cc21.Cl. The minimum absolute atomic E-state index is 0. The Morgan fingerprint density at radius 3 is 2.77 bits per heavy atom. The van der Waals surface area contributed by atoms with Gasteiger partial charge in [-0.1, -0.05) is 6.07 Å². The predicted molar refractivity (Wildman–Crippen MR) is 59.3 cm³/mol. The first-order valence-electron chi connectivity index (χ1n) is 4.15. The van der Waals surface area contributed by atoms with Crippen molar-refractivity contribution in [3.63, 3.8) is 0 Å². The third-order valence-electron chi connectivity index (χ3n) is 2.14. The van der Waals surface area contributed by atoms with E-state index < -0.39 is 0 Å². The Morgan fingerprint density at radius 2 is 2.08 bits per heavy atom. The van der Waals surface area contributed by atoms with Gasteiger partial charge in [0.25, 0.3) is 0 Å². The molecule has 1 heterocycles. The fourth-order valence-electron chi connectivity index (χ4n) is 1.48. The highest BCUT2D eigenvalue weighted by molar-refractivity contribution is 5.85. The van der Waals surface area contributed by atoms with E-state index in [1.165, 1.54) is 10.9 Å². The average molecular weight is 197 g/mol. The van der Waals surface area contributed by atoms with Crippen molar-refractivity contribution in [2.24, 2.45) is 0 Å². The average Bonchev–Trinajstić information content (AvgIpc) is 2.46. The van der Waals surface area contributed by atoms with Crippen LogP contribution in [0.4, 0.5) is 5.69 Å². The lowest BCUT2D eigenvalue weighted by Gasteiger charge is -2.00. The molecule has 1 aromatic heterocycles. The van der Waals surface area contributed by atoms with Gasteiger partial charge in [-0.2, -0.15) is 0 Å². The van der Waals surface area contributed by atoms with Gasteiger partial charge in [-0.25, -0.2) is 0 Å². The van der Waals surface area contributed by atoms with Gasteiger partial charge in [0.2, 0.25) is 0 Å². The highest BCUT2D eigenvalue weighted by Crippen LogP contribution is 2.18. The highest BCUT2D eigenvalue weighted by atomic mass is 35.5. The van der Waals surface area contributed by atoms with Crippen molar-refractivity contribution in [1.29, 1.82) is 0 Å². The van der Waals surface area contributed by atoms with Gasteiger partial charge >= 0.3 is 0 Å². The number of hydrogen-bond donors (Lipinski definition) is 1. The zero-order valence-corrected chi connectivity index (χ0v) is 8.34. The molecule has 2 rings (SSSR count). The third kappa shape index (κ3) is 1.63. The molecule has 0 saturated heterocycles. The molecule has 0 radical (unpaired) electrons. The summed E-state index contributed by atoms with van der Waals surface area (Å²) in [6.07, 6.45) is 2.09. The van der Waals surface area contributed by atoms with Crippen molar-refractivity contribution in [2.75, 3.05) is 5.73 Å². The van der Waals surface area contributed by atoms with Gasteiger partial charge in [0.05, 0.1) is 5.52 Å². The number of benzene rings is 1. The molecule has 0 spiro atoms. The Morgan fingerprint density at radius 1 is 1.31 bits per heavy atom. The molecule has 0 amide bonds. The highest BCUT2D eigenvalue weighted by Gasteiger charge is 1.98. The van der Waals surface area contributed by atoms with Gasteiger partial charge in [-0.15, -0.1) is 12.4 Å². The van der Waals surface area contributed by atoms with Crippen molar-refractivity contribution in [3.8, 4) is 0 Å². The van der Waals surface area contributed by atoms with Crippen molar-refractivity contribution in [1.82, 2.24) is 4.57 Å². The summed E-state index contributed by atoms with van der Waals surface area (Å²) in [5.41, 5.74) is 7.74. The summed E-state index contributed by atoms with van der Waals surface area (Å²) in [7, 11) is 0. The predicted octanol–water partition coefficient (Wildman–Crippen LogP) is 2.67. The molecule has 0 fully saturated rings. The Hall–Kier alpha value is -1.15. The number of anilines is 1. The first-order valence-corrected chi connectivity index (χ1v) is 4.15. The Kier molecular flexibility index (Phi) is 2.83. The van der Waals surface area contributed by atoms with Crippen LogP contribution in [0.2, 0.25) is 0 Å². The summed E-state index contributed by atoms with van der Waals surface area (Å²) in [5.74, 6) is 0. The fourth-order valence-corrected chi connectivity index (χ4v) is 1.48. The molecule has 2 aromatic rings. The Balaban J connectivity index is 0.000000845. The molecular formula is C10H13ClN2. The number of nitrogens with two attached hydrogens (primary N) is 1. The number of aryl methyl sites for hydroxylation is 1. The quantitative estimate of drug-likeness (QED) is 0.699. The van der Waals surface area contributed by atoms with Crippen molar-refractivity contribution in [2.45, 2.75) is 13.5 Å². The minimum atomic E-state index is 0. The molecule has 2 N–H and O–H groups in total. The van der Waals surface area contributed by atoms with Crippen LogP contribution in [0.25, 0.3) is 10.9 Å². The number of nitrogens with zero attached hydrogens (tertiary/aromatic N) is 1. The van der Waals surface area contributed by atoms with E-state index in [4.69, 9.17) is 5.73 Å². The van der Waals surface area contributed by atoms with E-state index in [0.717, 1.165) is 12.2 Å². The van der Waals surface area contributed by atoms with Crippen LogP contribution >= 0.6 is 12.4 Å². The number of rotatable bonds is 1. The van der Waals surface area contributed by atoms with Crippen molar-refractivity contribution < 1.29 is 0 Å². The zero-order valence-electron chi connectivity index (χ0n) is 7.53. The second-order valence-corrected chi connectivity index (χ2v) is 2.92. The summed E-state index contributed by atoms with van der Waals surface area (Å²) in [4.78, 5) is 0. The van der Waals surface area contributed by atoms with E-state index in [0.29, 0.717) is 0 Å². The molecule has 0 bridgehead atoms. The van der Waals surface area contributed by atoms with E-state index in [2.05, 4.69) is 29.8 Å². The molecule has 13 heavy (non-hydrogen) atoms. The monoisotopic (exact) mass is 196 g/mol. The summed E-state index contributed by atoms with van der Waals surface area (Å²) in [5, 5.41) is 1.26. The van der Waals surface area contributed by atoms with E-state index in [1.54, 1.807) is 0 Å².